The fraction of sp³-hybridized carbons (Fsp3) is 0.400. The van der Waals surface area contributed by atoms with E-state index < -0.39 is 15.9 Å². The molecule has 130 valence electrons. The summed E-state index contributed by atoms with van der Waals surface area (Å²) in [6.07, 6.45) is 0.486. The van der Waals surface area contributed by atoms with Gasteiger partial charge in [0.25, 0.3) is 5.91 Å². The van der Waals surface area contributed by atoms with Crippen molar-refractivity contribution in [3.63, 3.8) is 0 Å². The molecule has 1 aromatic carbocycles. The van der Waals surface area contributed by atoms with Crippen LogP contribution < -0.4 is 10.7 Å². The minimum atomic E-state index is -3.52. The summed E-state index contributed by atoms with van der Waals surface area (Å²) in [5.74, 6) is -0.646. The fourth-order valence-electron chi connectivity index (χ4n) is 2.26. The SMILES string of the molecule is CCN(CC)S(=O)(=O)c1ccc(NC(=O)C2=NNC(=O)CC2)cc1. The van der Waals surface area contributed by atoms with Gasteiger partial charge in [0.1, 0.15) is 5.71 Å². The second kappa shape index (κ2) is 7.54. The quantitative estimate of drug-likeness (QED) is 0.793. The Labute approximate surface area is 141 Å². The number of carbonyl (C=O) groups is 2. The Kier molecular flexibility index (Phi) is 5.68. The van der Waals surface area contributed by atoms with Crippen molar-refractivity contribution in [2.45, 2.75) is 31.6 Å². The first-order valence-electron chi connectivity index (χ1n) is 7.65. The monoisotopic (exact) mass is 352 g/mol. The molecule has 0 unspecified atom stereocenters. The Balaban J connectivity index is 2.10. The van der Waals surface area contributed by atoms with Gasteiger partial charge in [-0.25, -0.2) is 13.8 Å². The standard InChI is InChI=1S/C15H20N4O4S/c1-3-19(4-2)24(22,23)12-7-5-11(6-8-12)16-15(21)13-9-10-14(20)18-17-13/h5-8H,3-4,9-10H2,1-2H3,(H,16,21)(H,18,20). The van der Waals surface area contributed by atoms with Crippen LogP contribution in [0.4, 0.5) is 5.69 Å². The number of amides is 2. The molecule has 0 fully saturated rings. The van der Waals surface area contributed by atoms with Crippen LogP contribution in [0.15, 0.2) is 34.3 Å². The van der Waals surface area contributed by atoms with Crippen molar-refractivity contribution in [1.29, 1.82) is 0 Å². The van der Waals surface area contributed by atoms with E-state index in [-0.39, 0.29) is 29.4 Å². The number of anilines is 1. The number of hydrazone groups is 1. The number of rotatable bonds is 6. The molecule has 2 rings (SSSR count). The predicted octanol–water partition coefficient (Wildman–Crippen LogP) is 0.922. The summed E-state index contributed by atoms with van der Waals surface area (Å²) in [6, 6.07) is 5.95. The Morgan fingerprint density at radius 1 is 1.21 bits per heavy atom. The molecule has 0 spiro atoms. The zero-order chi connectivity index (χ0) is 17.7. The average Bonchev–Trinajstić information content (AvgIpc) is 2.56. The van der Waals surface area contributed by atoms with Crippen molar-refractivity contribution >= 4 is 33.2 Å². The zero-order valence-electron chi connectivity index (χ0n) is 13.6. The lowest BCUT2D eigenvalue weighted by Gasteiger charge is -2.18. The summed E-state index contributed by atoms with van der Waals surface area (Å²) >= 11 is 0. The van der Waals surface area contributed by atoms with Gasteiger partial charge in [-0.15, -0.1) is 0 Å². The second-order valence-corrected chi connectivity index (χ2v) is 7.10. The molecule has 0 aromatic heterocycles. The highest BCUT2D eigenvalue weighted by atomic mass is 32.2. The molecule has 1 aromatic rings. The van der Waals surface area contributed by atoms with E-state index in [1.165, 1.54) is 28.6 Å². The van der Waals surface area contributed by atoms with E-state index >= 15 is 0 Å². The van der Waals surface area contributed by atoms with Crippen LogP contribution in [0.25, 0.3) is 0 Å². The smallest absolute Gasteiger partial charge is 0.271 e. The van der Waals surface area contributed by atoms with Crippen LogP contribution in [-0.2, 0) is 19.6 Å². The van der Waals surface area contributed by atoms with Gasteiger partial charge < -0.3 is 5.32 Å². The molecule has 0 aliphatic carbocycles. The van der Waals surface area contributed by atoms with Crippen LogP contribution >= 0.6 is 0 Å². The predicted molar refractivity (Wildman–Crippen MR) is 90.0 cm³/mol. The first kappa shape index (κ1) is 18.1. The third-order valence-electron chi connectivity index (χ3n) is 3.62. The van der Waals surface area contributed by atoms with Gasteiger partial charge in [-0.1, -0.05) is 13.8 Å². The molecule has 9 heteroatoms. The van der Waals surface area contributed by atoms with Crippen molar-refractivity contribution in [3.8, 4) is 0 Å². The van der Waals surface area contributed by atoms with Crippen LogP contribution in [0.2, 0.25) is 0 Å². The third kappa shape index (κ3) is 3.98. The number of carbonyl (C=O) groups excluding carboxylic acids is 2. The third-order valence-corrected chi connectivity index (χ3v) is 5.69. The summed E-state index contributed by atoms with van der Waals surface area (Å²) in [4.78, 5) is 23.2. The topological polar surface area (TPSA) is 108 Å². The van der Waals surface area contributed by atoms with Crippen LogP contribution in [0, 0.1) is 0 Å². The highest BCUT2D eigenvalue weighted by molar-refractivity contribution is 7.89. The highest BCUT2D eigenvalue weighted by Crippen LogP contribution is 2.18. The first-order chi connectivity index (χ1) is 11.4. The van der Waals surface area contributed by atoms with E-state index in [1.807, 2.05) is 0 Å². The van der Waals surface area contributed by atoms with Gasteiger partial charge in [0.15, 0.2) is 0 Å². The Morgan fingerprint density at radius 3 is 2.33 bits per heavy atom. The maximum Gasteiger partial charge on any atom is 0.271 e. The van der Waals surface area contributed by atoms with Crippen LogP contribution in [0.5, 0.6) is 0 Å². The van der Waals surface area contributed by atoms with Crippen molar-refractivity contribution in [3.05, 3.63) is 24.3 Å². The number of benzene rings is 1. The summed E-state index contributed by atoms with van der Waals surface area (Å²) < 4.78 is 26.1. The van der Waals surface area contributed by atoms with Crippen molar-refractivity contribution < 1.29 is 18.0 Å². The van der Waals surface area contributed by atoms with Gasteiger partial charge in [0, 0.05) is 31.6 Å². The van der Waals surface area contributed by atoms with Crippen molar-refractivity contribution in [2.24, 2.45) is 5.10 Å². The maximum atomic E-state index is 12.4. The van der Waals surface area contributed by atoms with E-state index in [0.717, 1.165) is 0 Å². The van der Waals surface area contributed by atoms with E-state index in [1.54, 1.807) is 13.8 Å². The van der Waals surface area contributed by atoms with E-state index in [4.69, 9.17) is 0 Å². The molecular formula is C15H20N4O4S. The highest BCUT2D eigenvalue weighted by Gasteiger charge is 2.22. The fourth-order valence-corrected chi connectivity index (χ4v) is 3.72. The molecule has 0 saturated heterocycles. The van der Waals surface area contributed by atoms with Gasteiger partial charge in [0.05, 0.1) is 4.90 Å². The summed E-state index contributed by atoms with van der Waals surface area (Å²) in [5.41, 5.74) is 2.94. The van der Waals surface area contributed by atoms with Gasteiger partial charge in [-0.05, 0) is 24.3 Å². The number of hydrogen-bond donors (Lipinski definition) is 2. The summed E-state index contributed by atoms with van der Waals surface area (Å²) in [5, 5.41) is 6.34. The summed E-state index contributed by atoms with van der Waals surface area (Å²) in [6.45, 7) is 4.34. The first-order valence-corrected chi connectivity index (χ1v) is 9.09. The summed E-state index contributed by atoms with van der Waals surface area (Å²) in [7, 11) is -3.52. The molecule has 0 radical (unpaired) electrons. The molecule has 0 bridgehead atoms. The molecule has 0 saturated carbocycles. The normalized spacial score (nSPS) is 15.0. The van der Waals surface area contributed by atoms with Crippen LogP contribution in [0.3, 0.4) is 0 Å². The molecule has 2 N–H and O–H groups in total. The molecule has 1 heterocycles. The molecule has 2 amide bonds. The molecular weight excluding hydrogens is 332 g/mol. The number of sulfonamides is 1. The Hall–Kier alpha value is -2.26. The second-order valence-electron chi connectivity index (χ2n) is 5.16. The van der Waals surface area contributed by atoms with Crippen molar-refractivity contribution in [1.82, 2.24) is 9.73 Å². The lowest BCUT2D eigenvalue weighted by atomic mass is 10.1. The lowest BCUT2D eigenvalue weighted by Crippen LogP contribution is -2.32. The Bertz CT molecular complexity index is 752. The molecule has 0 atom stereocenters. The lowest BCUT2D eigenvalue weighted by molar-refractivity contribution is -0.121. The minimum Gasteiger partial charge on any atom is -0.321 e. The molecule has 24 heavy (non-hydrogen) atoms. The zero-order valence-corrected chi connectivity index (χ0v) is 14.4. The molecule has 1 aliphatic rings. The molecule has 1 aliphatic heterocycles. The van der Waals surface area contributed by atoms with E-state index in [2.05, 4.69) is 15.8 Å². The van der Waals surface area contributed by atoms with Gasteiger partial charge in [0.2, 0.25) is 15.9 Å². The maximum absolute atomic E-state index is 12.4. The number of nitrogens with one attached hydrogen (secondary N) is 2. The van der Waals surface area contributed by atoms with Gasteiger partial charge in [-0.2, -0.15) is 9.41 Å². The number of hydrogen-bond acceptors (Lipinski definition) is 5. The largest absolute Gasteiger partial charge is 0.321 e. The Morgan fingerprint density at radius 2 is 1.83 bits per heavy atom. The van der Waals surface area contributed by atoms with Gasteiger partial charge in [-0.3, -0.25) is 9.59 Å². The van der Waals surface area contributed by atoms with Crippen LogP contribution in [-0.4, -0.2) is 43.3 Å². The number of nitrogens with zero attached hydrogens (tertiary/aromatic N) is 2. The van der Waals surface area contributed by atoms with Crippen molar-refractivity contribution in [2.75, 3.05) is 18.4 Å². The molecule has 8 nitrogen and oxygen atoms in total. The van der Waals surface area contributed by atoms with Crippen LogP contribution in [0.1, 0.15) is 26.7 Å². The average molecular weight is 352 g/mol. The minimum absolute atomic E-state index is 0.173. The van der Waals surface area contributed by atoms with E-state index in [0.29, 0.717) is 18.8 Å². The van der Waals surface area contributed by atoms with E-state index in [9.17, 15) is 18.0 Å². The van der Waals surface area contributed by atoms with Gasteiger partial charge >= 0.3 is 0 Å².